The van der Waals surface area contributed by atoms with Gasteiger partial charge in [-0.15, -0.1) is 0 Å². The van der Waals surface area contributed by atoms with Gasteiger partial charge in [-0.05, 0) is 25.0 Å². The van der Waals surface area contributed by atoms with Crippen LogP contribution in [0.25, 0.3) is 11.5 Å². The number of hydrogen-bond acceptors (Lipinski definition) is 4. The lowest BCUT2D eigenvalue weighted by atomic mass is 10.1. The van der Waals surface area contributed by atoms with Crippen LogP contribution in [0.1, 0.15) is 24.6 Å². The molecule has 2 aromatic rings. The molecule has 2 aromatic heterocycles. The van der Waals surface area contributed by atoms with E-state index in [1.807, 2.05) is 6.07 Å². The van der Waals surface area contributed by atoms with E-state index in [4.69, 9.17) is 4.52 Å². The highest BCUT2D eigenvalue weighted by Crippen LogP contribution is 2.18. The molecule has 0 spiro atoms. The molecule has 2 rings (SSSR count). The van der Waals surface area contributed by atoms with E-state index in [0.29, 0.717) is 5.89 Å². The van der Waals surface area contributed by atoms with Crippen LogP contribution in [0.2, 0.25) is 0 Å². The van der Waals surface area contributed by atoms with Gasteiger partial charge in [0.25, 0.3) is 5.89 Å². The Labute approximate surface area is 88.4 Å². The lowest BCUT2D eigenvalue weighted by Crippen LogP contribution is -1.94. The third kappa shape index (κ3) is 2.03. The topological polar surface area (TPSA) is 51.8 Å². The van der Waals surface area contributed by atoms with Crippen LogP contribution in [0.15, 0.2) is 23.1 Å². The fourth-order valence-corrected chi connectivity index (χ4v) is 1.52. The Morgan fingerprint density at radius 2 is 2.20 bits per heavy atom. The number of hydrogen-bond donors (Lipinski definition) is 0. The summed E-state index contributed by atoms with van der Waals surface area (Å²) in [4.78, 5) is 8.38. The lowest BCUT2D eigenvalue weighted by Gasteiger charge is -2.03. The Morgan fingerprint density at radius 3 is 2.80 bits per heavy atom. The molecule has 0 saturated carbocycles. The van der Waals surface area contributed by atoms with Crippen molar-refractivity contribution in [2.45, 2.75) is 26.7 Å². The van der Waals surface area contributed by atoms with Gasteiger partial charge < -0.3 is 4.52 Å². The van der Waals surface area contributed by atoms with Gasteiger partial charge >= 0.3 is 0 Å². The predicted octanol–water partition coefficient (Wildman–Crippen LogP) is 2.39. The first-order valence-electron chi connectivity index (χ1n) is 5.04. The molecule has 0 fully saturated rings. The molecule has 78 valence electrons. The van der Waals surface area contributed by atoms with E-state index in [1.165, 1.54) is 11.9 Å². The first kappa shape index (κ1) is 9.83. The van der Waals surface area contributed by atoms with E-state index in [-0.39, 0.29) is 0 Å². The molecule has 0 aliphatic heterocycles. The first-order valence-corrected chi connectivity index (χ1v) is 5.04. The summed E-state index contributed by atoms with van der Waals surface area (Å²) in [7, 11) is 0. The fraction of sp³-hybridized carbons (Fsp3) is 0.364. The van der Waals surface area contributed by atoms with Crippen molar-refractivity contribution in [3.05, 3.63) is 29.8 Å². The van der Waals surface area contributed by atoms with E-state index in [9.17, 15) is 0 Å². The molecule has 2 heterocycles. The van der Waals surface area contributed by atoms with Gasteiger partial charge in [0.05, 0.1) is 5.56 Å². The van der Waals surface area contributed by atoms with E-state index < -0.39 is 0 Å². The second kappa shape index (κ2) is 4.21. The number of aromatic nitrogens is 3. The lowest BCUT2D eigenvalue weighted by molar-refractivity contribution is 0.430. The number of pyridine rings is 1. The van der Waals surface area contributed by atoms with Crippen molar-refractivity contribution in [3.8, 4) is 11.5 Å². The van der Waals surface area contributed by atoms with Crippen LogP contribution in [0.4, 0.5) is 0 Å². The Kier molecular flexibility index (Phi) is 2.76. The summed E-state index contributed by atoms with van der Waals surface area (Å²) < 4.78 is 4.97. The Bertz CT molecular complexity index is 437. The Morgan fingerprint density at radius 1 is 1.33 bits per heavy atom. The number of aryl methyl sites for hydroxylation is 2. The van der Waals surface area contributed by atoms with Crippen LogP contribution < -0.4 is 0 Å². The quantitative estimate of drug-likeness (QED) is 0.768. The predicted molar refractivity (Wildman–Crippen MR) is 56.3 cm³/mol. The smallest absolute Gasteiger partial charge is 0.259 e. The summed E-state index contributed by atoms with van der Waals surface area (Å²) >= 11 is 0. The summed E-state index contributed by atoms with van der Waals surface area (Å²) in [6, 6.07) is 2.03. The summed E-state index contributed by atoms with van der Waals surface area (Å²) in [5.41, 5.74) is 3.19. The van der Waals surface area contributed by atoms with Crippen molar-refractivity contribution < 1.29 is 4.52 Å². The number of rotatable bonds is 3. The molecular weight excluding hydrogens is 190 g/mol. The molecule has 0 amide bonds. The van der Waals surface area contributed by atoms with Crippen LogP contribution >= 0.6 is 0 Å². The molecule has 0 atom stereocenters. The molecule has 0 saturated heterocycles. The van der Waals surface area contributed by atoms with Gasteiger partial charge in [0.15, 0.2) is 6.33 Å². The highest BCUT2D eigenvalue weighted by molar-refractivity contribution is 5.52. The van der Waals surface area contributed by atoms with Gasteiger partial charge in [-0.3, -0.25) is 4.98 Å². The molecule has 0 N–H and O–H groups in total. The highest BCUT2D eigenvalue weighted by atomic mass is 16.5. The summed E-state index contributed by atoms with van der Waals surface area (Å²) in [6.45, 7) is 4.20. The second-order valence-electron chi connectivity index (χ2n) is 3.48. The SMILES string of the molecule is CCCc1ncc(-c2ncno2)cc1C. The van der Waals surface area contributed by atoms with Gasteiger partial charge in [0, 0.05) is 11.9 Å². The summed E-state index contributed by atoms with van der Waals surface area (Å²) in [5.74, 6) is 0.522. The van der Waals surface area contributed by atoms with Crippen molar-refractivity contribution in [2.75, 3.05) is 0 Å². The minimum absolute atomic E-state index is 0.522. The van der Waals surface area contributed by atoms with Gasteiger partial charge in [0.1, 0.15) is 0 Å². The van der Waals surface area contributed by atoms with Gasteiger partial charge in [-0.25, -0.2) is 0 Å². The van der Waals surface area contributed by atoms with Gasteiger partial charge in [-0.2, -0.15) is 4.98 Å². The molecular formula is C11H13N3O. The van der Waals surface area contributed by atoms with Crippen LogP contribution in [0, 0.1) is 6.92 Å². The molecule has 15 heavy (non-hydrogen) atoms. The monoisotopic (exact) mass is 203 g/mol. The Balaban J connectivity index is 2.33. The summed E-state index contributed by atoms with van der Waals surface area (Å²) in [5, 5.41) is 3.57. The van der Waals surface area contributed by atoms with E-state index in [2.05, 4.69) is 29.0 Å². The van der Waals surface area contributed by atoms with E-state index in [1.54, 1.807) is 6.20 Å². The summed E-state index contributed by atoms with van der Waals surface area (Å²) in [6.07, 6.45) is 5.29. The third-order valence-corrected chi connectivity index (χ3v) is 2.28. The molecule has 0 aliphatic carbocycles. The minimum Gasteiger partial charge on any atom is -0.334 e. The van der Waals surface area contributed by atoms with Crippen molar-refractivity contribution in [1.29, 1.82) is 0 Å². The Hall–Kier alpha value is -1.71. The largest absolute Gasteiger partial charge is 0.334 e. The molecule has 0 radical (unpaired) electrons. The molecule has 0 aromatic carbocycles. The molecule has 0 aliphatic rings. The number of nitrogens with zero attached hydrogens (tertiary/aromatic N) is 3. The highest BCUT2D eigenvalue weighted by Gasteiger charge is 2.06. The third-order valence-electron chi connectivity index (χ3n) is 2.28. The maximum atomic E-state index is 4.97. The first-order chi connectivity index (χ1) is 7.31. The zero-order chi connectivity index (χ0) is 10.7. The van der Waals surface area contributed by atoms with E-state index >= 15 is 0 Å². The van der Waals surface area contributed by atoms with Crippen molar-refractivity contribution >= 4 is 0 Å². The maximum absolute atomic E-state index is 4.97. The van der Waals surface area contributed by atoms with Crippen molar-refractivity contribution in [2.24, 2.45) is 0 Å². The molecule has 0 unspecified atom stereocenters. The molecule has 4 nitrogen and oxygen atoms in total. The van der Waals surface area contributed by atoms with Crippen molar-refractivity contribution in [3.63, 3.8) is 0 Å². The van der Waals surface area contributed by atoms with Gasteiger partial charge in [-0.1, -0.05) is 18.5 Å². The second-order valence-corrected chi connectivity index (χ2v) is 3.48. The minimum atomic E-state index is 0.522. The van der Waals surface area contributed by atoms with Crippen LogP contribution in [-0.4, -0.2) is 15.1 Å². The van der Waals surface area contributed by atoms with Crippen LogP contribution in [-0.2, 0) is 6.42 Å². The van der Waals surface area contributed by atoms with Crippen LogP contribution in [0.5, 0.6) is 0 Å². The standard InChI is InChI=1S/C11H13N3O/c1-3-4-10-8(2)5-9(6-12-10)11-13-7-14-15-11/h5-7H,3-4H2,1-2H3. The average molecular weight is 203 g/mol. The zero-order valence-electron chi connectivity index (χ0n) is 8.90. The van der Waals surface area contributed by atoms with Gasteiger partial charge in [0.2, 0.25) is 0 Å². The average Bonchev–Trinajstić information content (AvgIpc) is 2.74. The molecule has 4 heteroatoms. The van der Waals surface area contributed by atoms with Crippen molar-refractivity contribution in [1.82, 2.24) is 15.1 Å². The fourth-order valence-electron chi connectivity index (χ4n) is 1.52. The normalized spacial score (nSPS) is 10.5. The maximum Gasteiger partial charge on any atom is 0.259 e. The zero-order valence-corrected chi connectivity index (χ0v) is 8.90. The van der Waals surface area contributed by atoms with Crippen LogP contribution in [0.3, 0.4) is 0 Å². The van der Waals surface area contributed by atoms with E-state index in [0.717, 1.165) is 24.1 Å². The molecule has 0 bridgehead atoms.